The highest BCUT2D eigenvalue weighted by Crippen LogP contribution is 2.43. The van der Waals surface area contributed by atoms with Crippen LogP contribution in [0.25, 0.3) is 11.0 Å². The zero-order valence-corrected chi connectivity index (χ0v) is 19.7. The zero-order valence-electron chi connectivity index (χ0n) is 19.7. The van der Waals surface area contributed by atoms with Crippen molar-refractivity contribution >= 4 is 28.6 Å². The molecule has 6 rings (SSSR count). The lowest BCUT2D eigenvalue weighted by molar-refractivity contribution is 0.0727. The molecule has 7 heteroatoms. The van der Waals surface area contributed by atoms with E-state index in [-0.39, 0.29) is 11.7 Å². The van der Waals surface area contributed by atoms with E-state index in [1.54, 1.807) is 79.1 Å². The van der Waals surface area contributed by atoms with Gasteiger partial charge in [-0.3, -0.25) is 23.9 Å². The Morgan fingerprint density at radius 3 is 2.08 bits per heavy atom. The number of carbonyl (C=O) groups is 3. The molecule has 0 radical (unpaired) electrons. The number of amides is 1. The number of pyridine rings is 1. The number of fused-ring (bicyclic) bond motifs is 3. The number of para-hydroxylation sites is 2. The molecule has 3 aromatic carbocycles. The molecule has 3 atom stereocenters. The number of rotatable bonds is 5. The van der Waals surface area contributed by atoms with Gasteiger partial charge < -0.3 is 5.32 Å². The van der Waals surface area contributed by atoms with Crippen molar-refractivity contribution in [2.45, 2.75) is 17.9 Å². The molecule has 0 saturated heterocycles. The van der Waals surface area contributed by atoms with E-state index in [1.807, 2.05) is 30.3 Å². The van der Waals surface area contributed by atoms with Crippen molar-refractivity contribution in [1.29, 1.82) is 0 Å². The maximum absolute atomic E-state index is 14.1. The van der Waals surface area contributed by atoms with Gasteiger partial charge in [0.25, 0.3) is 11.8 Å². The third-order valence-corrected chi connectivity index (χ3v) is 6.82. The molecule has 0 aliphatic carbocycles. The quantitative estimate of drug-likeness (QED) is 0.366. The smallest absolute Gasteiger partial charge is 0.255 e. The van der Waals surface area contributed by atoms with Gasteiger partial charge in [0.15, 0.2) is 5.78 Å². The lowest BCUT2D eigenvalue weighted by atomic mass is 9.74. The van der Waals surface area contributed by atoms with Crippen molar-refractivity contribution < 1.29 is 14.4 Å². The summed E-state index contributed by atoms with van der Waals surface area (Å²) in [7, 11) is 0. The number of nitrogens with zero attached hydrogens (tertiary/aromatic N) is 3. The van der Waals surface area contributed by atoms with Gasteiger partial charge in [0.1, 0.15) is 11.9 Å². The lowest BCUT2D eigenvalue weighted by Crippen LogP contribution is -2.53. The summed E-state index contributed by atoms with van der Waals surface area (Å²) in [5.41, 5.74) is 2.86. The highest BCUT2D eigenvalue weighted by Gasteiger charge is 2.49. The van der Waals surface area contributed by atoms with Crippen LogP contribution in [0.15, 0.2) is 109 Å². The monoisotopic (exact) mass is 486 g/mol. The summed E-state index contributed by atoms with van der Waals surface area (Å²) in [4.78, 5) is 50.5. The van der Waals surface area contributed by atoms with Crippen molar-refractivity contribution in [2.24, 2.45) is 0 Å². The number of Topliss-reactive ketones (excluding diaryl/α,β-unsaturated/α-hetero) is 1. The number of hydrogen-bond acceptors (Lipinski definition) is 5. The van der Waals surface area contributed by atoms with Crippen LogP contribution >= 0.6 is 0 Å². The van der Waals surface area contributed by atoms with Crippen LogP contribution in [0.2, 0.25) is 0 Å². The summed E-state index contributed by atoms with van der Waals surface area (Å²) in [6.07, 6.45) is 3.25. The minimum Gasteiger partial charge on any atom is -0.340 e. The molecule has 37 heavy (non-hydrogen) atoms. The summed E-state index contributed by atoms with van der Waals surface area (Å²) in [6.45, 7) is 0. The Kier molecular flexibility index (Phi) is 5.65. The third-order valence-electron chi connectivity index (χ3n) is 6.82. The first-order chi connectivity index (χ1) is 18.1. The topological polar surface area (TPSA) is 94.0 Å². The van der Waals surface area contributed by atoms with Crippen LogP contribution in [0.1, 0.15) is 48.7 Å². The molecule has 0 unspecified atom stereocenters. The van der Waals surface area contributed by atoms with Crippen LogP contribution < -0.4 is 5.32 Å². The Labute approximate surface area is 212 Å². The van der Waals surface area contributed by atoms with Crippen LogP contribution in [-0.4, -0.2) is 38.2 Å². The number of imidazole rings is 1. The first-order valence-electron chi connectivity index (χ1n) is 12.0. The molecule has 1 N–H and O–H groups in total. The summed E-state index contributed by atoms with van der Waals surface area (Å²) in [5.74, 6) is -2.06. The van der Waals surface area contributed by atoms with E-state index < -0.39 is 23.8 Å². The predicted octanol–water partition coefficient (Wildman–Crippen LogP) is 4.63. The Bertz CT molecular complexity index is 1610. The fourth-order valence-corrected chi connectivity index (χ4v) is 5.13. The Hall–Kier alpha value is -4.91. The maximum Gasteiger partial charge on any atom is 0.255 e. The normalized spacial score (nSPS) is 18.8. The van der Waals surface area contributed by atoms with Crippen LogP contribution in [0.4, 0.5) is 0 Å². The van der Waals surface area contributed by atoms with Gasteiger partial charge in [-0.05, 0) is 42.0 Å². The molecule has 0 bridgehead atoms. The maximum atomic E-state index is 14.1. The average molecular weight is 487 g/mol. The van der Waals surface area contributed by atoms with E-state index in [4.69, 9.17) is 4.98 Å². The second kappa shape index (κ2) is 9.28. The molecule has 0 fully saturated rings. The highest BCUT2D eigenvalue weighted by molar-refractivity contribution is 6.07. The van der Waals surface area contributed by atoms with Crippen LogP contribution in [0.3, 0.4) is 0 Å². The van der Waals surface area contributed by atoms with E-state index in [0.717, 1.165) is 0 Å². The molecule has 1 aliphatic heterocycles. The Morgan fingerprint density at radius 2 is 1.38 bits per heavy atom. The lowest BCUT2D eigenvalue weighted by Gasteiger charge is -2.37. The number of aromatic nitrogens is 3. The van der Waals surface area contributed by atoms with Crippen LogP contribution in [0, 0.1) is 0 Å². The van der Waals surface area contributed by atoms with Gasteiger partial charge in [0.2, 0.25) is 0 Å². The minimum atomic E-state index is -1.02. The van der Waals surface area contributed by atoms with Crippen LogP contribution in [-0.2, 0) is 0 Å². The van der Waals surface area contributed by atoms with Gasteiger partial charge in [-0.15, -0.1) is 0 Å². The van der Waals surface area contributed by atoms with Gasteiger partial charge in [-0.25, -0.2) is 4.98 Å². The summed E-state index contributed by atoms with van der Waals surface area (Å²) in [5, 5.41) is 2.96. The number of hydrogen-bond donors (Lipinski definition) is 1. The van der Waals surface area contributed by atoms with E-state index >= 15 is 0 Å². The predicted molar refractivity (Wildman–Crippen MR) is 139 cm³/mol. The molecule has 180 valence electrons. The Balaban J connectivity index is 1.57. The molecule has 3 heterocycles. The zero-order chi connectivity index (χ0) is 25.4. The molecule has 1 aliphatic rings. The first-order valence-corrected chi connectivity index (χ1v) is 12.0. The standard InChI is InChI=1S/C30H22N4O3/c35-27(20-9-3-1-4-10-20)25-24(19-15-17-31-18-16-19)26(33-29(36)21-11-5-2-6-12-21)30(37)34-23-14-8-7-13-22(23)32-28(25)34/h1-18,24-26H,(H,33,36)/t24-,25-,26-/m0/s1. The van der Waals surface area contributed by atoms with Crippen molar-refractivity contribution in [1.82, 2.24) is 19.9 Å². The minimum absolute atomic E-state index is 0.176. The fourth-order valence-electron chi connectivity index (χ4n) is 5.13. The second-order valence-electron chi connectivity index (χ2n) is 8.96. The van der Waals surface area contributed by atoms with E-state index in [2.05, 4.69) is 10.3 Å². The van der Waals surface area contributed by atoms with Crippen molar-refractivity contribution in [3.63, 3.8) is 0 Å². The molecule has 0 spiro atoms. The van der Waals surface area contributed by atoms with Gasteiger partial charge in [-0.1, -0.05) is 60.7 Å². The summed E-state index contributed by atoms with van der Waals surface area (Å²) in [6, 6.07) is 27.5. The molecule has 7 nitrogen and oxygen atoms in total. The van der Waals surface area contributed by atoms with Crippen LogP contribution in [0.5, 0.6) is 0 Å². The largest absolute Gasteiger partial charge is 0.340 e. The molecular weight excluding hydrogens is 464 g/mol. The number of carbonyl (C=O) groups excluding carboxylic acids is 3. The molecule has 2 aromatic heterocycles. The molecule has 0 saturated carbocycles. The van der Waals surface area contributed by atoms with E-state index in [0.29, 0.717) is 33.5 Å². The van der Waals surface area contributed by atoms with E-state index in [9.17, 15) is 14.4 Å². The van der Waals surface area contributed by atoms with Crippen molar-refractivity contribution in [3.05, 3.63) is 132 Å². The average Bonchev–Trinajstić information content (AvgIpc) is 3.35. The second-order valence-corrected chi connectivity index (χ2v) is 8.96. The van der Waals surface area contributed by atoms with Gasteiger partial charge in [0.05, 0.1) is 17.0 Å². The summed E-state index contributed by atoms with van der Waals surface area (Å²) >= 11 is 0. The first kappa shape index (κ1) is 22.5. The SMILES string of the molecule is O=C(N[C@@H]1C(=O)n2c(nc3ccccc32)[C@H](C(=O)c2ccccc2)[C@@H]1c1ccncc1)c1ccccc1. The fraction of sp³-hybridized carbons (Fsp3) is 0.100. The highest BCUT2D eigenvalue weighted by atomic mass is 16.2. The van der Waals surface area contributed by atoms with Gasteiger partial charge in [0, 0.05) is 29.4 Å². The van der Waals surface area contributed by atoms with Crippen molar-refractivity contribution in [2.75, 3.05) is 0 Å². The number of ketones is 1. The number of nitrogens with one attached hydrogen (secondary N) is 1. The van der Waals surface area contributed by atoms with Gasteiger partial charge in [-0.2, -0.15) is 0 Å². The molecule has 1 amide bonds. The third kappa shape index (κ3) is 3.90. The Morgan fingerprint density at radius 1 is 0.757 bits per heavy atom. The van der Waals surface area contributed by atoms with E-state index in [1.165, 1.54) is 4.57 Å². The summed E-state index contributed by atoms with van der Waals surface area (Å²) < 4.78 is 1.49. The van der Waals surface area contributed by atoms with Gasteiger partial charge >= 0.3 is 0 Å². The molecule has 5 aromatic rings. The number of benzene rings is 3. The van der Waals surface area contributed by atoms with Crippen molar-refractivity contribution in [3.8, 4) is 0 Å². The molecular formula is C30H22N4O3.